The lowest BCUT2D eigenvalue weighted by Gasteiger charge is -2.43. The lowest BCUT2D eigenvalue weighted by molar-refractivity contribution is 0.0143. The molecule has 1 aliphatic rings. The van der Waals surface area contributed by atoms with Crippen molar-refractivity contribution in [2.75, 3.05) is 12.8 Å². The Morgan fingerprint density at radius 3 is 2.28 bits per heavy atom. The molecular formula is C11H21NO5S. The van der Waals surface area contributed by atoms with Crippen LogP contribution in [0.1, 0.15) is 33.6 Å². The van der Waals surface area contributed by atoms with Gasteiger partial charge in [-0.15, -0.1) is 0 Å². The molecular weight excluding hydrogens is 258 g/mol. The minimum atomic E-state index is -3.55. The molecule has 1 fully saturated rings. The van der Waals surface area contributed by atoms with Gasteiger partial charge >= 0.3 is 6.09 Å². The van der Waals surface area contributed by atoms with Crippen molar-refractivity contribution in [3.63, 3.8) is 0 Å². The molecule has 0 aromatic rings. The summed E-state index contributed by atoms with van der Waals surface area (Å²) in [5.74, 6) is 0. The summed E-state index contributed by atoms with van der Waals surface area (Å²) in [6, 6.07) is -0.116. The molecule has 7 heteroatoms. The molecule has 0 aliphatic carbocycles. The van der Waals surface area contributed by atoms with Crippen molar-refractivity contribution in [1.82, 2.24) is 4.90 Å². The van der Waals surface area contributed by atoms with E-state index in [-0.39, 0.29) is 18.0 Å². The number of likely N-dealkylation sites (tertiary alicyclic amines) is 1. The minimum absolute atomic E-state index is 0.102. The van der Waals surface area contributed by atoms with E-state index in [0.29, 0.717) is 12.8 Å². The largest absolute Gasteiger partial charge is 0.465 e. The van der Waals surface area contributed by atoms with E-state index in [2.05, 4.69) is 0 Å². The van der Waals surface area contributed by atoms with Crippen molar-refractivity contribution in [1.29, 1.82) is 0 Å². The first-order valence-electron chi connectivity index (χ1n) is 5.88. The number of nitrogens with zero attached hydrogens (tertiary/aromatic N) is 1. The fourth-order valence-corrected chi connectivity index (χ4v) is 3.03. The van der Waals surface area contributed by atoms with Gasteiger partial charge in [-0.25, -0.2) is 4.79 Å². The molecule has 1 N–H and O–H groups in total. The molecule has 0 aromatic carbocycles. The molecule has 1 aliphatic heterocycles. The zero-order valence-electron chi connectivity index (χ0n) is 11.2. The second-order valence-electron chi connectivity index (χ2n) is 5.82. The van der Waals surface area contributed by atoms with E-state index in [9.17, 15) is 18.3 Å². The van der Waals surface area contributed by atoms with Crippen LogP contribution >= 0.6 is 0 Å². The molecule has 106 valence electrons. The minimum Gasteiger partial charge on any atom is -0.465 e. The quantitative estimate of drug-likeness (QED) is 0.775. The highest BCUT2D eigenvalue weighted by molar-refractivity contribution is 7.86. The summed E-state index contributed by atoms with van der Waals surface area (Å²) in [6.07, 6.45) is 0.536. The Hall–Kier alpha value is -0.820. The van der Waals surface area contributed by atoms with Gasteiger partial charge in [-0.1, -0.05) is 20.8 Å². The summed E-state index contributed by atoms with van der Waals surface area (Å²) in [5, 5.41) is 9.21. The Balaban J connectivity index is 2.81. The van der Waals surface area contributed by atoms with Gasteiger partial charge < -0.3 is 10.0 Å². The van der Waals surface area contributed by atoms with Crippen LogP contribution in [0.4, 0.5) is 4.79 Å². The first-order valence-corrected chi connectivity index (χ1v) is 7.70. The van der Waals surface area contributed by atoms with Crippen molar-refractivity contribution in [3.05, 3.63) is 0 Å². The number of amides is 1. The maximum absolute atomic E-state index is 11.2. The lowest BCUT2D eigenvalue weighted by atomic mass is 9.80. The van der Waals surface area contributed by atoms with Gasteiger partial charge in [-0.3, -0.25) is 4.18 Å². The molecule has 1 saturated heterocycles. The zero-order valence-corrected chi connectivity index (χ0v) is 12.0. The van der Waals surface area contributed by atoms with Crippen molar-refractivity contribution < 1.29 is 22.5 Å². The first-order chi connectivity index (χ1) is 8.00. The normalized spacial score (nSPS) is 26.1. The standard InChI is InChI=1S/C11H21NO5S/c1-11(2,3)9-6-5-8(17-18(4,15)16)7-12(9)10(13)14/h8-9H,5-7H2,1-4H3,(H,13,14). The second-order valence-corrected chi connectivity index (χ2v) is 7.42. The summed E-state index contributed by atoms with van der Waals surface area (Å²) in [5.41, 5.74) is -0.172. The molecule has 1 amide bonds. The molecule has 2 unspecified atom stereocenters. The van der Waals surface area contributed by atoms with E-state index in [1.54, 1.807) is 0 Å². The molecule has 0 saturated carbocycles. The number of hydrogen-bond acceptors (Lipinski definition) is 4. The monoisotopic (exact) mass is 279 g/mol. The van der Waals surface area contributed by atoms with Gasteiger partial charge in [0, 0.05) is 6.04 Å². The van der Waals surface area contributed by atoms with Gasteiger partial charge in [0.2, 0.25) is 0 Å². The summed E-state index contributed by atoms with van der Waals surface area (Å²) in [7, 11) is -3.55. The van der Waals surface area contributed by atoms with Gasteiger partial charge in [0.15, 0.2) is 0 Å². The maximum atomic E-state index is 11.2. The highest BCUT2D eigenvalue weighted by Crippen LogP contribution is 2.33. The van der Waals surface area contributed by atoms with Crippen LogP contribution in [0.2, 0.25) is 0 Å². The number of piperidine rings is 1. The molecule has 6 nitrogen and oxygen atoms in total. The van der Waals surface area contributed by atoms with Crippen LogP contribution in [0.5, 0.6) is 0 Å². The third kappa shape index (κ3) is 4.13. The van der Waals surface area contributed by atoms with Gasteiger partial charge in [-0.05, 0) is 18.3 Å². The van der Waals surface area contributed by atoms with Crippen molar-refractivity contribution in [2.45, 2.75) is 45.8 Å². The van der Waals surface area contributed by atoms with E-state index in [4.69, 9.17) is 4.18 Å². The Labute approximate surface area is 108 Å². The zero-order chi connectivity index (χ0) is 14.1. The fraction of sp³-hybridized carbons (Fsp3) is 0.909. The molecule has 1 rings (SSSR count). The highest BCUT2D eigenvalue weighted by Gasteiger charge is 2.39. The summed E-state index contributed by atoms with van der Waals surface area (Å²) < 4.78 is 27.0. The van der Waals surface area contributed by atoms with Crippen LogP contribution in [-0.2, 0) is 14.3 Å². The molecule has 0 spiro atoms. The van der Waals surface area contributed by atoms with E-state index in [1.165, 1.54) is 4.90 Å². The van der Waals surface area contributed by atoms with E-state index >= 15 is 0 Å². The van der Waals surface area contributed by atoms with Crippen LogP contribution in [-0.4, -0.2) is 49.5 Å². The van der Waals surface area contributed by atoms with Gasteiger partial charge in [0.1, 0.15) is 0 Å². The summed E-state index contributed by atoms with van der Waals surface area (Å²) >= 11 is 0. The van der Waals surface area contributed by atoms with Crippen LogP contribution in [0.25, 0.3) is 0 Å². The van der Waals surface area contributed by atoms with Crippen molar-refractivity contribution >= 4 is 16.2 Å². The van der Waals surface area contributed by atoms with Crippen molar-refractivity contribution in [3.8, 4) is 0 Å². The van der Waals surface area contributed by atoms with Crippen LogP contribution in [0.3, 0.4) is 0 Å². The first kappa shape index (κ1) is 15.2. The van der Waals surface area contributed by atoms with Crippen LogP contribution < -0.4 is 0 Å². The Morgan fingerprint density at radius 2 is 1.89 bits per heavy atom. The average molecular weight is 279 g/mol. The van der Waals surface area contributed by atoms with Gasteiger partial charge in [0.25, 0.3) is 10.1 Å². The fourth-order valence-electron chi connectivity index (χ4n) is 2.38. The number of hydrogen-bond donors (Lipinski definition) is 1. The second kappa shape index (κ2) is 5.05. The number of rotatable bonds is 2. The van der Waals surface area contributed by atoms with Crippen LogP contribution in [0, 0.1) is 5.41 Å². The predicted octanol–water partition coefficient (Wildman–Crippen LogP) is 1.52. The average Bonchev–Trinajstić information content (AvgIpc) is 2.12. The van der Waals surface area contributed by atoms with Gasteiger partial charge in [0.05, 0.1) is 18.9 Å². The van der Waals surface area contributed by atoms with Crippen molar-refractivity contribution in [2.24, 2.45) is 5.41 Å². The SMILES string of the molecule is CC(C)(C)C1CCC(OS(C)(=O)=O)CN1C(=O)O. The van der Waals surface area contributed by atoms with E-state index in [1.807, 2.05) is 20.8 Å². The molecule has 18 heavy (non-hydrogen) atoms. The molecule has 0 radical (unpaired) electrons. The lowest BCUT2D eigenvalue weighted by Crippen LogP contribution is -2.54. The molecule has 0 bridgehead atoms. The Bertz CT molecular complexity index is 412. The third-order valence-electron chi connectivity index (χ3n) is 3.09. The van der Waals surface area contributed by atoms with Crippen LogP contribution in [0.15, 0.2) is 0 Å². The van der Waals surface area contributed by atoms with E-state index < -0.39 is 22.3 Å². The summed E-state index contributed by atoms with van der Waals surface area (Å²) in [4.78, 5) is 12.5. The molecule has 1 heterocycles. The topological polar surface area (TPSA) is 83.9 Å². The molecule has 0 aromatic heterocycles. The predicted molar refractivity (Wildman–Crippen MR) is 66.9 cm³/mol. The Morgan fingerprint density at radius 1 is 1.33 bits per heavy atom. The third-order valence-corrected chi connectivity index (χ3v) is 3.72. The molecule has 2 atom stereocenters. The Kier molecular flexibility index (Phi) is 4.27. The summed E-state index contributed by atoms with van der Waals surface area (Å²) in [6.45, 7) is 6.03. The number of carboxylic acid groups (broad SMARTS) is 1. The van der Waals surface area contributed by atoms with E-state index in [0.717, 1.165) is 6.26 Å². The highest BCUT2D eigenvalue weighted by atomic mass is 32.2. The number of carbonyl (C=O) groups is 1. The maximum Gasteiger partial charge on any atom is 0.407 e. The van der Waals surface area contributed by atoms with Gasteiger partial charge in [-0.2, -0.15) is 8.42 Å². The smallest absolute Gasteiger partial charge is 0.407 e.